The van der Waals surface area contributed by atoms with Crippen molar-refractivity contribution in [3.8, 4) is 0 Å². The van der Waals surface area contributed by atoms with E-state index in [9.17, 15) is 4.79 Å². The molecule has 1 amide bonds. The van der Waals surface area contributed by atoms with Gasteiger partial charge in [0.25, 0.3) is 5.91 Å². The van der Waals surface area contributed by atoms with Crippen molar-refractivity contribution in [2.75, 3.05) is 12.5 Å². The van der Waals surface area contributed by atoms with E-state index in [1.807, 2.05) is 44.5 Å². The van der Waals surface area contributed by atoms with Crippen molar-refractivity contribution < 1.29 is 4.79 Å². The number of aryl methyl sites for hydroxylation is 1. The van der Waals surface area contributed by atoms with Crippen LogP contribution in [-0.4, -0.2) is 22.8 Å². The van der Waals surface area contributed by atoms with Gasteiger partial charge in [0.1, 0.15) is 5.82 Å². The molecule has 5 nitrogen and oxygen atoms in total. The van der Waals surface area contributed by atoms with Gasteiger partial charge in [0.2, 0.25) is 0 Å². The average molecular weight is 304 g/mol. The van der Waals surface area contributed by atoms with Gasteiger partial charge < -0.3 is 10.3 Å². The minimum absolute atomic E-state index is 0.0324. The Morgan fingerprint density at radius 2 is 2.29 bits per heavy atom. The minimum Gasteiger partial charge on any atom is -0.334 e. The SMILES string of the molecule is CCc1cc(C(=O)N(C)C(C)c2cccs2)cc(NN)n1. The number of rotatable bonds is 5. The van der Waals surface area contributed by atoms with Crippen LogP contribution in [0.25, 0.3) is 0 Å². The van der Waals surface area contributed by atoms with Gasteiger partial charge in [-0.1, -0.05) is 13.0 Å². The lowest BCUT2D eigenvalue weighted by molar-refractivity contribution is 0.0745. The molecule has 1 atom stereocenters. The van der Waals surface area contributed by atoms with Gasteiger partial charge in [0.15, 0.2) is 0 Å². The second kappa shape index (κ2) is 6.69. The fourth-order valence-corrected chi connectivity index (χ4v) is 2.89. The molecular formula is C15H20N4OS. The summed E-state index contributed by atoms with van der Waals surface area (Å²) < 4.78 is 0. The number of amides is 1. The Bertz CT molecular complexity index is 590. The molecule has 0 saturated carbocycles. The fraction of sp³-hybridized carbons (Fsp3) is 0.333. The van der Waals surface area contributed by atoms with Crippen molar-refractivity contribution in [2.45, 2.75) is 26.3 Å². The monoisotopic (exact) mass is 304 g/mol. The normalized spacial score (nSPS) is 12.0. The molecule has 1 unspecified atom stereocenters. The Morgan fingerprint density at radius 3 is 2.86 bits per heavy atom. The highest BCUT2D eigenvalue weighted by Crippen LogP contribution is 2.25. The van der Waals surface area contributed by atoms with Crippen LogP contribution in [0.1, 0.15) is 40.8 Å². The summed E-state index contributed by atoms with van der Waals surface area (Å²) in [5, 5.41) is 2.02. The summed E-state index contributed by atoms with van der Waals surface area (Å²) in [5.41, 5.74) is 3.95. The van der Waals surface area contributed by atoms with Gasteiger partial charge in [-0.2, -0.15) is 0 Å². The van der Waals surface area contributed by atoms with E-state index in [-0.39, 0.29) is 11.9 Å². The second-order valence-electron chi connectivity index (χ2n) is 4.84. The first-order valence-electron chi connectivity index (χ1n) is 6.85. The van der Waals surface area contributed by atoms with Crippen LogP contribution >= 0.6 is 11.3 Å². The van der Waals surface area contributed by atoms with Crippen LogP contribution in [0.2, 0.25) is 0 Å². The van der Waals surface area contributed by atoms with Crippen LogP contribution in [0.5, 0.6) is 0 Å². The standard InChI is InChI=1S/C15H20N4OS/c1-4-12-8-11(9-14(17-12)18-16)15(20)19(3)10(2)13-6-5-7-21-13/h5-10H,4,16H2,1-3H3,(H,17,18). The number of aromatic nitrogens is 1. The fourth-order valence-electron chi connectivity index (χ4n) is 2.07. The van der Waals surface area contributed by atoms with Gasteiger partial charge in [-0.25, -0.2) is 10.8 Å². The number of carbonyl (C=O) groups is 1. The van der Waals surface area contributed by atoms with Crippen molar-refractivity contribution in [2.24, 2.45) is 5.84 Å². The molecule has 21 heavy (non-hydrogen) atoms. The topological polar surface area (TPSA) is 71.2 Å². The molecule has 2 heterocycles. The van der Waals surface area contributed by atoms with Crippen LogP contribution in [-0.2, 0) is 6.42 Å². The molecule has 3 N–H and O–H groups in total. The molecule has 0 saturated heterocycles. The van der Waals surface area contributed by atoms with Crippen molar-refractivity contribution >= 4 is 23.1 Å². The molecule has 0 fully saturated rings. The maximum absolute atomic E-state index is 12.7. The molecule has 0 aliphatic rings. The van der Waals surface area contributed by atoms with Crippen molar-refractivity contribution in [1.29, 1.82) is 0 Å². The molecule has 2 aromatic rings. The van der Waals surface area contributed by atoms with Crippen LogP contribution in [0, 0.1) is 0 Å². The number of hydrogen-bond acceptors (Lipinski definition) is 5. The highest BCUT2D eigenvalue weighted by atomic mass is 32.1. The summed E-state index contributed by atoms with van der Waals surface area (Å²) >= 11 is 1.65. The van der Waals surface area contributed by atoms with Crippen molar-refractivity contribution in [3.63, 3.8) is 0 Å². The lowest BCUT2D eigenvalue weighted by atomic mass is 10.1. The predicted octanol–water partition coefficient (Wildman–Crippen LogP) is 2.82. The molecule has 0 aliphatic heterocycles. The Morgan fingerprint density at radius 1 is 1.52 bits per heavy atom. The summed E-state index contributed by atoms with van der Waals surface area (Å²) in [6.45, 7) is 4.02. The summed E-state index contributed by atoms with van der Waals surface area (Å²) in [4.78, 5) is 19.9. The van der Waals surface area contributed by atoms with Crippen LogP contribution < -0.4 is 11.3 Å². The van der Waals surface area contributed by atoms with Crippen LogP contribution in [0.3, 0.4) is 0 Å². The summed E-state index contributed by atoms with van der Waals surface area (Å²) in [7, 11) is 1.81. The minimum atomic E-state index is -0.0375. The molecule has 6 heteroatoms. The third-order valence-electron chi connectivity index (χ3n) is 3.49. The molecule has 0 aliphatic carbocycles. The molecule has 0 bridgehead atoms. The zero-order chi connectivity index (χ0) is 15.4. The van der Waals surface area contributed by atoms with Gasteiger partial charge in [-0.05, 0) is 36.9 Å². The first-order valence-corrected chi connectivity index (χ1v) is 7.73. The number of nitrogens with one attached hydrogen (secondary N) is 1. The number of pyridine rings is 1. The number of hydrogen-bond donors (Lipinski definition) is 2. The Balaban J connectivity index is 2.26. The highest BCUT2D eigenvalue weighted by Gasteiger charge is 2.20. The zero-order valence-corrected chi connectivity index (χ0v) is 13.3. The summed E-state index contributed by atoms with van der Waals surface area (Å²) in [6.07, 6.45) is 0.750. The first-order chi connectivity index (χ1) is 10.1. The molecule has 0 radical (unpaired) electrons. The molecule has 112 valence electrons. The maximum Gasteiger partial charge on any atom is 0.254 e. The Labute approximate surface area is 128 Å². The number of hydrazine groups is 1. The molecule has 2 aromatic heterocycles. The number of nitrogen functional groups attached to an aromatic ring is 1. The predicted molar refractivity (Wildman–Crippen MR) is 86.3 cm³/mol. The highest BCUT2D eigenvalue weighted by molar-refractivity contribution is 7.10. The number of thiophene rings is 1. The van der Waals surface area contributed by atoms with Gasteiger partial charge in [-0.3, -0.25) is 4.79 Å². The van der Waals surface area contributed by atoms with E-state index in [4.69, 9.17) is 5.84 Å². The Hall–Kier alpha value is -1.92. The van der Waals surface area contributed by atoms with Gasteiger partial charge >= 0.3 is 0 Å². The number of nitrogens with two attached hydrogens (primary N) is 1. The van der Waals surface area contributed by atoms with Crippen LogP contribution in [0.4, 0.5) is 5.82 Å². The number of anilines is 1. The van der Waals surface area contributed by atoms with Gasteiger partial charge in [0, 0.05) is 23.2 Å². The average Bonchev–Trinajstić information content (AvgIpc) is 3.06. The van der Waals surface area contributed by atoms with E-state index >= 15 is 0 Å². The Kier molecular flexibility index (Phi) is 4.93. The van der Waals surface area contributed by atoms with E-state index in [0.29, 0.717) is 11.4 Å². The first kappa shape index (κ1) is 15.5. The van der Waals surface area contributed by atoms with E-state index in [1.54, 1.807) is 22.3 Å². The number of nitrogens with zero attached hydrogens (tertiary/aromatic N) is 2. The quantitative estimate of drug-likeness (QED) is 0.658. The van der Waals surface area contributed by atoms with E-state index in [2.05, 4.69) is 10.4 Å². The zero-order valence-electron chi connectivity index (χ0n) is 12.5. The van der Waals surface area contributed by atoms with Crippen LogP contribution in [0.15, 0.2) is 29.6 Å². The van der Waals surface area contributed by atoms with Crippen molar-refractivity contribution in [1.82, 2.24) is 9.88 Å². The van der Waals surface area contributed by atoms with E-state index in [0.717, 1.165) is 17.0 Å². The molecule has 0 spiro atoms. The third kappa shape index (κ3) is 3.40. The summed E-state index contributed by atoms with van der Waals surface area (Å²) in [5.74, 6) is 5.89. The van der Waals surface area contributed by atoms with E-state index < -0.39 is 0 Å². The maximum atomic E-state index is 12.7. The lowest BCUT2D eigenvalue weighted by Gasteiger charge is -2.24. The second-order valence-corrected chi connectivity index (χ2v) is 5.82. The van der Waals surface area contributed by atoms with Crippen molar-refractivity contribution in [3.05, 3.63) is 45.8 Å². The summed E-state index contributed by atoms with van der Waals surface area (Å²) in [6, 6.07) is 7.56. The number of carbonyl (C=O) groups excluding carboxylic acids is 1. The lowest BCUT2D eigenvalue weighted by Crippen LogP contribution is -2.29. The molecule has 0 aromatic carbocycles. The van der Waals surface area contributed by atoms with Gasteiger partial charge in [0.05, 0.1) is 6.04 Å². The third-order valence-corrected chi connectivity index (χ3v) is 4.53. The molecule has 2 rings (SSSR count). The van der Waals surface area contributed by atoms with E-state index in [1.165, 1.54) is 0 Å². The smallest absolute Gasteiger partial charge is 0.254 e. The largest absolute Gasteiger partial charge is 0.334 e. The van der Waals surface area contributed by atoms with Gasteiger partial charge in [-0.15, -0.1) is 11.3 Å². The molecular weight excluding hydrogens is 284 g/mol.